The molecule has 138 valence electrons. The quantitative estimate of drug-likeness (QED) is 0.805. The van der Waals surface area contributed by atoms with E-state index in [4.69, 9.17) is 0 Å². The van der Waals surface area contributed by atoms with Gasteiger partial charge in [-0.25, -0.2) is 13.4 Å². The van der Waals surface area contributed by atoms with E-state index in [0.29, 0.717) is 24.3 Å². The molecule has 2 aromatic rings. The first-order valence-corrected chi connectivity index (χ1v) is 10.5. The van der Waals surface area contributed by atoms with E-state index in [1.807, 2.05) is 42.2 Å². The fourth-order valence-electron chi connectivity index (χ4n) is 3.27. The van der Waals surface area contributed by atoms with Crippen molar-refractivity contribution in [2.45, 2.75) is 19.4 Å². The van der Waals surface area contributed by atoms with Crippen LogP contribution in [-0.2, 0) is 9.84 Å². The van der Waals surface area contributed by atoms with Crippen LogP contribution in [0.3, 0.4) is 0 Å². The van der Waals surface area contributed by atoms with Crippen molar-refractivity contribution in [2.75, 3.05) is 34.9 Å². The Labute approximate surface area is 154 Å². The van der Waals surface area contributed by atoms with E-state index in [0.717, 1.165) is 5.69 Å². The van der Waals surface area contributed by atoms with Gasteiger partial charge in [-0.3, -0.25) is 4.79 Å². The third-order valence-corrected chi connectivity index (χ3v) is 6.48. The van der Waals surface area contributed by atoms with Crippen LogP contribution < -0.4 is 9.80 Å². The van der Waals surface area contributed by atoms with Crippen LogP contribution in [0, 0.1) is 0 Å². The molecule has 1 atom stereocenters. The summed E-state index contributed by atoms with van der Waals surface area (Å²) in [5, 5.41) is 0. The van der Waals surface area contributed by atoms with Crippen LogP contribution in [0.1, 0.15) is 23.7 Å². The standard InChI is InChI=1S/C19H23N3O3S/c1-3-22(17-11-12-26(24,25)14-17)18-10-9-15(13-20-18)19(23)21(2)16-7-5-4-6-8-16/h4-10,13,17H,3,11-12,14H2,1-2H3. The highest BCUT2D eigenvalue weighted by molar-refractivity contribution is 7.91. The van der Waals surface area contributed by atoms with Crippen molar-refractivity contribution in [3.05, 3.63) is 54.2 Å². The number of pyridine rings is 1. The van der Waals surface area contributed by atoms with E-state index < -0.39 is 9.84 Å². The van der Waals surface area contributed by atoms with Crippen molar-refractivity contribution in [2.24, 2.45) is 0 Å². The van der Waals surface area contributed by atoms with Crippen molar-refractivity contribution in [3.8, 4) is 0 Å². The van der Waals surface area contributed by atoms with Gasteiger partial charge in [0.1, 0.15) is 5.82 Å². The Morgan fingerprint density at radius 1 is 1.19 bits per heavy atom. The maximum Gasteiger partial charge on any atom is 0.259 e. The second-order valence-electron chi connectivity index (χ2n) is 6.45. The molecule has 0 N–H and O–H groups in total. The van der Waals surface area contributed by atoms with Crippen LogP contribution in [0.4, 0.5) is 11.5 Å². The summed E-state index contributed by atoms with van der Waals surface area (Å²) >= 11 is 0. The second-order valence-corrected chi connectivity index (χ2v) is 8.68. The average molecular weight is 373 g/mol. The number of para-hydroxylation sites is 1. The molecule has 1 saturated heterocycles. The van der Waals surface area contributed by atoms with E-state index >= 15 is 0 Å². The number of carbonyl (C=O) groups excluding carboxylic acids is 1. The number of carbonyl (C=O) groups is 1. The molecule has 3 rings (SSSR count). The number of rotatable bonds is 5. The van der Waals surface area contributed by atoms with Gasteiger partial charge in [-0.2, -0.15) is 0 Å². The molecule has 0 bridgehead atoms. The summed E-state index contributed by atoms with van der Waals surface area (Å²) in [5.74, 6) is 0.960. The van der Waals surface area contributed by atoms with E-state index in [2.05, 4.69) is 4.98 Å². The van der Waals surface area contributed by atoms with Crippen molar-refractivity contribution in [1.29, 1.82) is 0 Å². The van der Waals surface area contributed by atoms with E-state index in [-0.39, 0.29) is 23.5 Å². The largest absolute Gasteiger partial charge is 0.353 e. The molecule has 1 fully saturated rings. The second kappa shape index (κ2) is 7.45. The number of hydrogen-bond donors (Lipinski definition) is 0. The van der Waals surface area contributed by atoms with Crippen molar-refractivity contribution in [1.82, 2.24) is 4.98 Å². The number of benzene rings is 1. The molecule has 1 aromatic carbocycles. The number of amides is 1. The van der Waals surface area contributed by atoms with Gasteiger partial charge < -0.3 is 9.80 Å². The van der Waals surface area contributed by atoms with E-state index in [9.17, 15) is 13.2 Å². The van der Waals surface area contributed by atoms with Gasteiger partial charge in [0.25, 0.3) is 5.91 Å². The minimum atomic E-state index is -2.95. The molecule has 0 aliphatic carbocycles. The predicted octanol–water partition coefficient (Wildman–Crippen LogP) is 2.37. The highest BCUT2D eigenvalue weighted by atomic mass is 32.2. The van der Waals surface area contributed by atoms with Gasteiger partial charge in [0, 0.05) is 31.5 Å². The molecular formula is C19H23N3O3S. The van der Waals surface area contributed by atoms with Crippen LogP contribution >= 0.6 is 0 Å². The first-order valence-electron chi connectivity index (χ1n) is 8.67. The Kier molecular flexibility index (Phi) is 5.27. The number of hydrogen-bond acceptors (Lipinski definition) is 5. The lowest BCUT2D eigenvalue weighted by molar-refractivity contribution is 0.0992. The zero-order chi connectivity index (χ0) is 18.7. The van der Waals surface area contributed by atoms with Gasteiger partial charge in [0.15, 0.2) is 9.84 Å². The first-order chi connectivity index (χ1) is 12.4. The highest BCUT2D eigenvalue weighted by Crippen LogP contribution is 2.23. The molecule has 1 amide bonds. The number of nitrogens with zero attached hydrogens (tertiary/aromatic N) is 3. The van der Waals surface area contributed by atoms with Crippen LogP contribution in [0.5, 0.6) is 0 Å². The minimum absolute atomic E-state index is 0.0500. The lowest BCUT2D eigenvalue weighted by Crippen LogP contribution is -2.36. The Bertz CT molecular complexity index is 867. The SMILES string of the molecule is CCN(c1ccc(C(=O)N(C)c2ccccc2)cn1)C1CCS(=O)(=O)C1. The predicted molar refractivity (Wildman–Crippen MR) is 103 cm³/mol. The number of sulfone groups is 1. The molecule has 1 aliphatic heterocycles. The van der Waals surface area contributed by atoms with Crippen LogP contribution in [-0.4, -0.2) is 50.4 Å². The first kappa shape index (κ1) is 18.4. The fourth-order valence-corrected chi connectivity index (χ4v) is 5.00. The molecule has 0 radical (unpaired) electrons. The molecule has 6 nitrogen and oxygen atoms in total. The van der Waals surface area contributed by atoms with Crippen LogP contribution in [0.2, 0.25) is 0 Å². The lowest BCUT2D eigenvalue weighted by atomic mass is 10.2. The third kappa shape index (κ3) is 3.88. The van der Waals surface area contributed by atoms with Crippen molar-refractivity contribution in [3.63, 3.8) is 0 Å². The maximum atomic E-state index is 12.6. The summed E-state index contributed by atoms with van der Waals surface area (Å²) in [6, 6.07) is 12.9. The minimum Gasteiger partial charge on any atom is -0.353 e. The Balaban J connectivity index is 1.76. The van der Waals surface area contributed by atoms with Gasteiger partial charge in [-0.15, -0.1) is 0 Å². The molecule has 0 saturated carbocycles. The number of anilines is 2. The van der Waals surface area contributed by atoms with Gasteiger partial charge in [0.2, 0.25) is 0 Å². The lowest BCUT2D eigenvalue weighted by Gasteiger charge is -2.28. The summed E-state index contributed by atoms with van der Waals surface area (Å²) in [4.78, 5) is 20.6. The fraction of sp³-hybridized carbons (Fsp3) is 0.368. The average Bonchev–Trinajstić information content (AvgIpc) is 3.02. The zero-order valence-electron chi connectivity index (χ0n) is 15.0. The maximum absolute atomic E-state index is 12.6. The number of aromatic nitrogens is 1. The van der Waals surface area contributed by atoms with Crippen molar-refractivity contribution >= 4 is 27.2 Å². The summed E-state index contributed by atoms with van der Waals surface area (Å²) in [7, 11) is -1.22. The van der Waals surface area contributed by atoms with Crippen molar-refractivity contribution < 1.29 is 13.2 Å². The molecule has 7 heteroatoms. The van der Waals surface area contributed by atoms with E-state index in [1.54, 1.807) is 30.3 Å². The summed E-state index contributed by atoms with van der Waals surface area (Å²) in [6.07, 6.45) is 2.18. The van der Waals surface area contributed by atoms with E-state index in [1.165, 1.54) is 0 Å². The van der Waals surface area contributed by atoms with Gasteiger partial charge >= 0.3 is 0 Å². The molecule has 2 heterocycles. The smallest absolute Gasteiger partial charge is 0.259 e. The highest BCUT2D eigenvalue weighted by Gasteiger charge is 2.32. The topological polar surface area (TPSA) is 70.6 Å². The molecule has 26 heavy (non-hydrogen) atoms. The Morgan fingerprint density at radius 2 is 1.92 bits per heavy atom. The summed E-state index contributed by atoms with van der Waals surface area (Å²) in [6.45, 7) is 2.65. The molecule has 1 aliphatic rings. The van der Waals surface area contributed by atoms with Crippen LogP contribution in [0.15, 0.2) is 48.7 Å². The van der Waals surface area contributed by atoms with Gasteiger partial charge in [0.05, 0.1) is 17.1 Å². The Hall–Kier alpha value is -2.41. The van der Waals surface area contributed by atoms with Gasteiger partial charge in [-0.1, -0.05) is 18.2 Å². The molecule has 1 unspecified atom stereocenters. The molecule has 0 spiro atoms. The van der Waals surface area contributed by atoms with Gasteiger partial charge in [-0.05, 0) is 37.6 Å². The monoisotopic (exact) mass is 373 g/mol. The molecule has 1 aromatic heterocycles. The summed E-state index contributed by atoms with van der Waals surface area (Å²) in [5.41, 5.74) is 1.31. The Morgan fingerprint density at radius 3 is 2.46 bits per heavy atom. The summed E-state index contributed by atoms with van der Waals surface area (Å²) < 4.78 is 23.5. The zero-order valence-corrected chi connectivity index (χ0v) is 15.8. The van der Waals surface area contributed by atoms with Crippen LogP contribution in [0.25, 0.3) is 0 Å². The molecular weight excluding hydrogens is 350 g/mol. The third-order valence-electron chi connectivity index (χ3n) is 4.73. The normalized spacial score (nSPS) is 18.5.